The van der Waals surface area contributed by atoms with Crippen molar-refractivity contribution < 1.29 is 57.8 Å². The third kappa shape index (κ3) is 6.53. The predicted octanol–water partition coefficient (Wildman–Crippen LogP) is 4.66. The van der Waals surface area contributed by atoms with Crippen molar-refractivity contribution in [3.63, 3.8) is 0 Å². The second-order valence-corrected chi connectivity index (χ2v) is 13.9. The summed E-state index contributed by atoms with van der Waals surface area (Å²) in [5.41, 5.74) is -0.132. The van der Waals surface area contributed by atoms with E-state index in [1.807, 2.05) is 0 Å². The summed E-state index contributed by atoms with van der Waals surface area (Å²) < 4.78 is 142. The van der Waals surface area contributed by atoms with Crippen LogP contribution in [0.3, 0.4) is 0 Å². The Balaban J connectivity index is 1.51. The molecule has 0 aliphatic carbocycles. The Morgan fingerprint density at radius 2 is 1.53 bits per heavy atom. The highest BCUT2D eigenvalue weighted by Gasteiger charge is 2.47. The van der Waals surface area contributed by atoms with Crippen molar-refractivity contribution in [1.29, 1.82) is 0 Å². The van der Waals surface area contributed by atoms with Crippen molar-refractivity contribution in [2.24, 2.45) is 0 Å². The summed E-state index contributed by atoms with van der Waals surface area (Å²) >= 11 is 0. The molecule has 1 fully saturated rings. The van der Waals surface area contributed by atoms with Gasteiger partial charge in [0, 0.05) is 0 Å². The van der Waals surface area contributed by atoms with Crippen LogP contribution < -0.4 is 19.1 Å². The van der Waals surface area contributed by atoms with Crippen LogP contribution in [0.25, 0.3) is 0 Å². The van der Waals surface area contributed by atoms with E-state index in [4.69, 9.17) is 4.74 Å². The first-order valence-electron chi connectivity index (χ1n) is 12.4. The van der Waals surface area contributed by atoms with Crippen LogP contribution in [0.1, 0.15) is 11.1 Å². The van der Waals surface area contributed by atoms with E-state index in [1.165, 1.54) is 17.0 Å². The molecule has 0 radical (unpaired) electrons. The SMILES string of the molecule is Cc1ccc2c(c1)Oc1cc(C(F)(F)F)ccc1N2[C@H]1CS(=O)(=O)C[C@@H](NS(=O)(=O)c2ccc(OC(F)(F)F)cc2)[C@@H]1O. The molecule has 3 aromatic carbocycles. The Labute approximate surface area is 241 Å². The number of aliphatic hydroxyl groups excluding tert-OH is 1. The first kappa shape index (κ1) is 30.9. The molecule has 2 N–H and O–H groups in total. The lowest BCUT2D eigenvalue weighted by Gasteiger charge is -2.44. The van der Waals surface area contributed by atoms with Crippen LogP contribution in [0.15, 0.2) is 65.6 Å². The summed E-state index contributed by atoms with van der Waals surface area (Å²) in [6, 6.07) is 7.33. The molecule has 0 unspecified atom stereocenters. The molecule has 3 atom stereocenters. The Morgan fingerprint density at radius 3 is 2.14 bits per heavy atom. The van der Waals surface area contributed by atoms with Crippen LogP contribution in [-0.4, -0.2) is 58.0 Å². The number of benzene rings is 3. The van der Waals surface area contributed by atoms with Gasteiger partial charge in [-0.3, -0.25) is 0 Å². The maximum atomic E-state index is 13.5. The molecule has 0 saturated carbocycles. The molecular formula is C26H22F6N2O7S2. The van der Waals surface area contributed by atoms with Gasteiger partial charge in [-0.05, 0) is 67.1 Å². The van der Waals surface area contributed by atoms with Crippen molar-refractivity contribution in [1.82, 2.24) is 4.72 Å². The van der Waals surface area contributed by atoms with E-state index in [-0.39, 0.29) is 22.9 Å². The minimum atomic E-state index is -5.02. The molecule has 0 spiro atoms. The van der Waals surface area contributed by atoms with Crippen molar-refractivity contribution in [3.8, 4) is 17.2 Å². The highest BCUT2D eigenvalue weighted by Crippen LogP contribution is 2.50. The first-order chi connectivity index (χ1) is 19.8. The molecule has 2 heterocycles. The van der Waals surface area contributed by atoms with Gasteiger partial charge in [0.05, 0.1) is 51.5 Å². The molecule has 0 bridgehead atoms. The quantitative estimate of drug-likeness (QED) is 0.382. The average molecular weight is 653 g/mol. The predicted molar refractivity (Wildman–Crippen MR) is 141 cm³/mol. The number of fused-ring (bicyclic) bond motifs is 2. The Hall–Kier alpha value is -3.54. The summed E-state index contributed by atoms with van der Waals surface area (Å²) in [5, 5.41) is 11.4. The van der Waals surface area contributed by atoms with E-state index in [0.717, 1.165) is 42.5 Å². The van der Waals surface area contributed by atoms with Gasteiger partial charge in [-0.25, -0.2) is 21.6 Å². The van der Waals surface area contributed by atoms with Gasteiger partial charge in [0.2, 0.25) is 10.0 Å². The lowest BCUT2D eigenvalue weighted by Crippen LogP contribution is -2.62. The number of rotatable bonds is 5. The van der Waals surface area contributed by atoms with E-state index in [1.54, 1.807) is 13.0 Å². The van der Waals surface area contributed by atoms with Crippen molar-refractivity contribution in [2.75, 3.05) is 16.4 Å². The van der Waals surface area contributed by atoms with Gasteiger partial charge in [-0.1, -0.05) is 6.07 Å². The van der Waals surface area contributed by atoms with Crippen LogP contribution in [-0.2, 0) is 26.0 Å². The standard InChI is InChI=1S/C26H22F6N2O7S2/c1-14-2-8-19-22(10-14)40-23-11-15(25(27,28)29)3-9-20(23)34(19)21-13-42(36,37)12-18(24(21)35)33-43(38,39)17-6-4-16(5-7-17)41-26(30,31)32/h2-11,18,21,24,33,35H,12-13H2,1H3/t18-,21+,24+/m1/s1. The highest BCUT2D eigenvalue weighted by atomic mass is 32.2. The number of alkyl halides is 6. The first-order valence-corrected chi connectivity index (χ1v) is 15.7. The van der Waals surface area contributed by atoms with Gasteiger partial charge in [0.1, 0.15) is 5.75 Å². The second kappa shape index (κ2) is 10.6. The Bertz CT molecular complexity index is 1760. The number of anilines is 2. The number of sulfone groups is 1. The van der Waals surface area contributed by atoms with Gasteiger partial charge in [0.15, 0.2) is 21.3 Å². The van der Waals surface area contributed by atoms with Crippen LogP contribution >= 0.6 is 0 Å². The molecule has 9 nitrogen and oxygen atoms in total. The van der Waals surface area contributed by atoms with E-state index in [2.05, 4.69) is 9.46 Å². The minimum absolute atomic E-state index is 0.00682. The van der Waals surface area contributed by atoms with Crippen LogP contribution in [0.2, 0.25) is 0 Å². The average Bonchev–Trinajstić information content (AvgIpc) is 2.87. The number of halogens is 6. The number of aliphatic hydroxyl groups is 1. The van der Waals surface area contributed by atoms with Crippen molar-refractivity contribution >= 4 is 31.2 Å². The topological polar surface area (TPSA) is 122 Å². The third-order valence-corrected chi connectivity index (χ3v) is 10.0. The van der Waals surface area contributed by atoms with Crippen LogP contribution in [0.5, 0.6) is 17.2 Å². The largest absolute Gasteiger partial charge is 0.573 e. The summed E-state index contributed by atoms with van der Waals surface area (Å²) in [5.74, 6) is -2.39. The lowest BCUT2D eigenvalue weighted by atomic mass is 10.00. The molecule has 3 aromatic rings. The molecule has 1 saturated heterocycles. The number of aryl methyl sites for hydroxylation is 1. The number of hydrogen-bond donors (Lipinski definition) is 2. The number of sulfonamides is 1. The molecule has 232 valence electrons. The van der Waals surface area contributed by atoms with Gasteiger partial charge in [-0.2, -0.15) is 13.2 Å². The molecule has 43 heavy (non-hydrogen) atoms. The van der Waals surface area contributed by atoms with Crippen LogP contribution in [0.4, 0.5) is 37.7 Å². The summed E-state index contributed by atoms with van der Waals surface area (Å²) in [6.07, 6.45) is -11.5. The molecule has 0 aromatic heterocycles. The number of hydrogen-bond acceptors (Lipinski definition) is 8. The lowest BCUT2D eigenvalue weighted by molar-refractivity contribution is -0.274. The van der Waals surface area contributed by atoms with Crippen molar-refractivity contribution in [3.05, 3.63) is 71.8 Å². The smallest absolute Gasteiger partial charge is 0.453 e. The minimum Gasteiger partial charge on any atom is -0.453 e. The molecule has 0 amide bonds. The highest BCUT2D eigenvalue weighted by molar-refractivity contribution is 7.91. The fraction of sp³-hybridized carbons (Fsp3) is 0.308. The fourth-order valence-electron chi connectivity index (χ4n) is 4.96. The fourth-order valence-corrected chi connectivity index (χ4v) is 8.15. The van der Waals surface area contributed by atoms with E-state index >= 15 is 0 Å². The zero-order chi connectivity index (χ0) is 31.5. The van der Waals surface area contributed by atoms with E-state index < -0.39 is 78.3 Å². The van der Waals surface area contributed by atoms with E-state index in [9.17, 15) is 48.3 Å². The molecular weight excluding hydrogens is 630 g/mol. The van der Waals surface area contributed by atoms with Gasteiger partial charge in [-0.15, -0.1) is 13.2 Å². The third-order valence-electron chi connectivity index (χ3n) is 6.81. The number of ether oxygens (including phenoxy) is 2. The molecule has 5 rings (SSSR count). The normalized spacial score (nSPS) is 21.9. The van der Waals surface area contributed by atoms with Crippen LogP contribution in [0, 0.1) is 6.92 Å². The summed E-state index contributed by atoms with van der Waals surface area (Å²) in [7, 11) is -8.67. The molecule has 17 heteroatoms. The maximum Gasteiger partial charge on any atom is 0.573 e. The number of nitrogens with zero attached hydrogens (tertiary/aromatic N) is 1. The zero-order valence-corrected chi connectivity index (χ0v) is 23.5. The van der Waals surface area contributed by atoms with E-state index in [0.29, 0.717) is 5.56 Å². The number of nitrogens with one attached hydrogen (secondary N) is 1. The van der Waals surface area contributed by atoms with Gasteiger partial charge >= 0.3 is 12.5 Å². The van der Waals surface area contributed by atoms with Gasteiger partial charge < -0.3 is 19.5 Å². The maximum absolute atomic E-state index is 13.5. The molecule has 2 aliphatic rings. The second-order valence-electron chi connectivity index (χ2n) is 10.0. The van der Waals surface area contributed by atoms with Crippen molar-refractivity contribution in [2.45, 2.75) is 42.5 Å². The summed E-state index contributed by atoms with van der Waals surface area (Å²) in [4.78, 5) is 0.769. The molecule has 2 aliphatic heterocycles. The Morgan fingerprint density at radius 1 is 0.930 bits per heavy atom. The van der Waals surface area contributed by atoms with Gasteiger partial charge in [0.25, 0.3) is 0 Å². The Kier molecular flexibility index (Phi) is 7.60. The zero-order valence-electron chi connectivity index (χ0n) is 21.8. The monoisotopic (exact) mass is 652 g/mol. The summed E-state index contributed by atoms with van der Waals surface area (Å²) in [6.45, 7) is 1.70.